The first-order valence-corrected chi connectivity index (χ1v) is 13.9. The number of carbonyl (C=O) groups is 2. The summed E-state index contributed by atoms with van der Waals surface area (Å²) in [6.45, 7) is -3.92. The molecule has 0 saturated heterocycles. The molecular weight excluding hydrogens is 586 g/mol. The van der Waals surface area contributed by atoms with Gasteiger partial charge in [-0.15, -0.1) is 0 Å². The first-order valence-electron chi connectivity index (χ1n) is 13.9. The Morgan fingerprint density at radius 3 is 2.49 bits per heavy atom. The number of aromatic nitrogens is 4. The van der Waals surface area contributed by atoms with E-state index in [1.54, 1.807) is 6.07 Å². The molecular formula is C27H30F6N6O4. The highest BCUT2D eigenvalue weighted by molar-refractivity contribution is 5.95. The molecule has 2 aliphatic rings. The number of nitrogens with one attached hydrogen (secondary N) is 1. The third-order valence-electron chi connectivity index (χ3n) is 7.93. The van der Waals surface area contributed by atoms with Crippen LogP contribution < -0.4 is 11.1 Å². The minimum atomic E-state index is -3.15. The van der Waals surface area contributed by atoms with Gasteiger partial charge in [-0.1, -0.05) is 5.16 Å². The number of hydrogen-bond donors (Lipinski definition) is 2. The first-order chi connectivity index (χ1) is 20.4. The zero-order valence-corrected chi connectivity index (χ0v) is 22.8. The number of alkyl halides is 6. The van der Waals surface area contributed by atoms with Crippen LogP contribution in [0.1, 0.15) is 96.4 Å². The average molecular weight is 617 g/mol. The summed E-state index contributed by atoms with van der Waals surface area (Å²) < 4.78 is 89.9. The monoisotopic (exact) mass is 616 g/mol. The molecule has 234 valence electrons. The lowest BCUT2D eigenvalue weighted by molar-refractivity contribution is -0.138. The normalized spacial score (nSPS) is 18.8. The minimum Gasteiger partial charge on any atom is -0.365 e. The predicted octanol–water partition coefficient (Wildman–Crippen LogP) is 5.13. The summed E-state index contributed by atoms with van der Waals surface area (Å²) in [4.78, 5) is 29.4. The SMILES string of the molecule is NC(=O)c1c(COC(F)F)noc1[C@H](c1cn2ncc([C@H](NC(=O)CCC(F)F)C3CC3)cc2n1)C1CCC(F)(F)CC1. The summed E-state index contributed by atoms with van der Waals surface area (Å²) >= 11 is 0. The summed E-state index contributed by atoms with van der Waals surface area (Å²) in [6, 6.07) is 1.21. The molecule has 0 aromatic carbocycles. The van der Waals surface area contributed by atoms with Crippen LogP contribution in [0.5, 0.6) is 0 Å². The fourth-order valence-electron chi connectivity index (χ4n) is 5.66. The van der Waals surface area contributed by atoms with E-state index in [-0.39, 0.29) is 42.2 Å². The second-order valence-corrected chi connectivity index (χ2v) is 11.0. The number of nitrogens with two attached hydrogens (primary N) is 1. The molecule has 5 rings (SSSR count). The molecule has 0 spiro atoms. The number of fused-ring (bicyclic) bond motifs is 1. The molecule has 0 radical (unpaired) electrons. The molecule has 3 aromatic heterocycles. The van der Waals surface area contributed by atoms with Crippen molar-refractivity contribution in [1.29, 1.82) is 0 Å². The van der Waals surface area contributed by atoms with Crippen LogP contribution in [0, 0.1) is 11.8 Å². The zero-order valence-electron chi connectivity index (χ0n) is 22.8. The van der Waals surface area contributed by atoms with Gasteiger partial charge in [0.1, 0.15) is 11.3 Å². The second-order valence-electron chi connectivity index (χ2n) is 11.0. The molecule has 2 saturated carbocycles. The molecule has 2 fully saturated rings. The van der Waals surface area contributed by atoms with E-state index in [1.165, 1.54) is 16.9 Å². The van der Waals surface area contributed by atoms with Crippen molar-refractivity contribution in [3.05, 3.63) is 46.7 Å². The predicted molar refractivity (Wildman–Crippen MR) is 136 cm³/mol. The number of imidazole rings is 1. The van der Waals surface area contributed by atoms with Crippen LogP contribution in [-0.4, -0.2) is 50.5 Å². The zero-order chi connectivity index (χ0) is 30.9. The van der Waals surface area contributed by atoms with E-state index in [0.29, 0.717) is 16.9 Å². The maximum atomic E-state index is 14.1. The largest absolute Gasteiger partial charge is 0.365 e. The molecule has 0 aliphatic heterocycles. The van der Waals surface area contributed by atoms with Crippen LogP contribution in [0.3, 0.4) is 0 Å². The summed E-state index contributed by atoms with van der Waals surface area (Å²) in [7, 11) is 0. The van der Waals surface area contributed by atoms with E-state index in [2.05, 4.69) is 25.3 Å². The number of hydrogen-bond acceptors (Lipinski definition) is 7. The Morgan fingerprint density at radius 1 is 1.14 bits per heavy atom. The number of halogens is 6. The van der Waals surface area contributed by atoms with Crippen LogP contribution in [0.4, 0.5) is 26.3 Å². The molecule has 2 atom stereocenters. The number of ether oxygens (including phenoxy) is 1. The van der Waals surface area contributed by atoms with E-state index in [9.17, 15) is 35.9 Å². The third-order valence-corrected chi connectivity index (χ3v) is 7.93. The van der Waals surface area contributed by atoms with Crippen molar-refractivity contribution < 1.29 is 45.2 Å². The summed E-state index contributed by atoms with van der Waals surface area (Å²) in [5, 5.41) is 10.9. The summed E-state index contributed by atoms with van der Waals surface area (Å²) in [5.74, 6) is -5.77. The van der Waals surface area contributed by atoms with Gasteiger partial charge in [-0.2, -0.15) is 13.9 Å². The van der Waals surface area contributed by atoms with E-state index in [4.69, 9.17) is 10.3 Å². The lowest BCUT2D eigenvalue weighted by atomic mass is 9.75. The standard InChI is InChI=1S/C27H30F6N6O4/c28-18(29)3-4-20(40)37-23(14-1-2-14)15-9-19-36-16(11-39(19)35-10-15)21(13-5-7-27(32,33)8-6-13)24-22(25(34)41)17(38-43-24)12-42-26(30)31/h9-11,13-14,18,21,23,26H,1-8,12H2,(H2,34,41)(H,37,40)/t21-,23+/m0/s1. The van der Waals surface area contributed by atoms with Crippen molar-refractivity contribution in [3.8, 4) is 0 Å². The Hall–Kier alpha value is -3.69. The van der Waals surface area contributed by atoms with Crippen LogP contribution in [0.25, 0.3) is 5.65 Å². The van der Waals surface area contributed by atoms with Crippen molar-refractivity contribution in [2.45, 2.75) is 88.9 Å². The van der Waals surface area contributed by atoms with Gasteiger partial charge in [0.15, 0.2) is 11.4 Å². The van der Waals surface area contributed by atoms with Crippen LogP contribution in [0.2, 0.25) is 0 Å². The van der Waals surface area contributed by atoms with Crippen molar-refractivity contribution in [1.82, 2.24) is 25.1 Å². The van der Waals surface area contributed by atoms with Gasteiger partial charge in [0.2, 0.25) is 18.3 Å². The smallest absolute Gasteiger partial charge is 0.345 e. The topological polar surface area (TPSA) is 138 Å². The molecule has 3 N–H and O–H groups in total. The van der Waals surface area contributed by atoms with Gasteiger partial charge >= 0.3 is 6.61 Å². The van der Waals surface area contributed by atoms with E-state index in [1.807, 2.05) is 0 Å². The minimum absolute atomic E-state index is 0.0421. The summed E-state index contributed by atoms with van der Waals surface area (Å²) in [5.41, 5.74) is 6.27. The maximum absolute atomic E-state index is 14.1. The molecule has 2 amide bonds. The van der Waals surface area contributed by atoms with Crippen LogP contribution in [-0.2, 0) is 16.1 Å². The van der Waals surface area contributed by atoms with Crippen LogP contribution >= 0.6 is 0 Å². The molecule has 16 heteroatoms. The van der Waals surface area contributed by atoms with Crippen molar-refractivity contribution >= 4 is 17.5 Å². The quantitative estimate of drug-likeness (QED) is 0.254. The highest BCUT2D eigenvalue weighted by atomic mass is 19.3. The molecule has 2 aliphatic carbocycles. The first kappa shape index (κ1) is 30.8. The summed E-state index contributed by atoms with van der Waals surface area (Å²) in [6.07, 6.45) is 0.498. The Labute approximate surface area is 241 Å². The molecule has 0 bridgehead atoms. The lowest BCUT2D eigenvalue weighted by Crippen LogP contribution is -2.30. The van der Waals surface area contributed by atoms with Gasteiger partial charge < -0.3 is 20.3 Å². The van der Waals surface area contributed by atoms with Gasteiger partial charge in [0.25, 0.3) is 5.91 Å². The lowest BCUT2D eigenvalue weighted by Gasteiger charge is -2.32. The number of nitrogens with zero attached hydrogens (tertiary/aromatic N) is 4. The highest BCUT2D eigenvalue weighted by Crippen LogP contribution is 2.46. The van der Waals surface area contributed by atoms with Gasteiger partial charge in [-0.25, -0.2) is 27.1 Å². The molecule has 43 heavy (non-hydrogen) atoms. The molecule has 0 unspecified atom stereocenters. The highest BCUT2D eigenvalue weighted by Gasteiger charge is 2.42. The average Bonchev–Trinajstić information content (AvgIpc) is 3.56. The Morgan fingerprint density at radius 2 is 1.86 bits per heavy atom. The van der Waals surface area contributed by atoms with Crippen molar-refractivity contribution in [2.24, 2.45) is 17.6 Å². The van der Waals surface area contributed by atoms with Gasteiger partial charge in [-0.3, -0.25) is 9.59 Å². The number of primary amides is 1. The molecule has 10 nitrogen and oxygen atoms in total. The van der Waals surface area contributed by atoms with E-state index in [0.717, 1.165) is 12.8 Å². The maximum Gasteiger partial charge on any atom is 0.345 e. The molecule has 3 heterocycles. The molecule has 3 aromatic rings. The van der Waals surface area contributed by atoms with Gasteiger partial charge in [0, 0.05) is 25.7 Å². The van der Waals surface area contributed by atoms with Crippen molar-refractivity contribution in [3.63, 3.8) is 0 Å². The van der Waals surface area contributed by atoms with E-state index >= 15 is 0 Å². The Kier molecular flexibility index (Phi) is 8.94. The number of amides is 2. The second kappa shape index (κ2) is 12.5. The Bertz CT molecular complexity index is 1450. The van der Waals surface area contributed by atoms with Crippen molar-refractivity contribution in [2.75, 3.05) is 0 Å². The number of carbonyl (C=O) groups excluding carboxylic acids is 2. The van der Waals surface area contributed by atoms with Crippen LogP contribution in [0.15, 0.2) is 23.0 Å². The number of rotatable bonds is 13. The van der Waals surface area contributed by atoms with Gasteiger partial charge in [0.05, 0.1) is 36.7 Å². The fraction of sp³-hybridized carbons (Fsp3) is 0.593. The Balaban J connectivity index is 1.49. The van der Waals surface area contributed by atoms with E-state index < -0.39 is 74.5 Å². The van der Waals surface area contributed by atoms with Gasteiger partial charge in [-0.05, 0) is 49.1 Å². The fourth-order valence-corrected chi connectivity index (χ4v) is 5.66. The third kappa shape index (κ3) is 7.28.